The van der Waals surface area contributed by atoms with Crippen LogP contribution in [-0.2, 0) is 9.84 Å². The van der Waals surface area contributed by atoms with Crippen molar-refractivity contribution in [1.29, 1.82) is 0 Å². The lowest BCUT2D eigenvalue weighted by Gasteiger charge is -2.18. The number of fused-ring (bicyclic) bond motifs is 1. The maximum atomic E-state index is 12.5. The molecule has 3 rings (SSSR count). The molecule has 0 saturated heterocycles. The first-order valence-corrected chi connectivity index (χ1v) is 8.38. The highest BCUT2D eigenvalue weighted by Gasteiger charge is 2.32. The van der Waals surface area contributed by atoms with Gasteiger partial charge in [0.2, 0.25) is 0 Å². The molecule has 112 valence electrons. The Labute approximate surface area is 129 Å². The third-order valence-electron chi connectivity index (χ3n) is 3.57. The van der Waals surface area contributed by atoms with Crippen LogP contribution in [0, 0.1) is 0 Å². The molecule has 0 saturated carbocycles. The summed E-state index contributed by atoms with van der Waals surface area (Å²) in [4.78, 5) is 12.6. The van der Waals surface area contributed by atoms with E-state index in [-0.39, 0.29) is 27.6 Å². The Balaban J connectivity index is 2.15. The normalized spacial score (nSPS) is 18.0. The van der Waals surface area contributed by atoms with Crippen molar-refractivity contribution in [2.45, 2.75) is 4.90 Å². The predicted molar refractivity (Wildman–Crippen MR) is 83.8 cm³/mol. The van der Waals surface area contributed by atoms with Gasteiger partial charge in [0.15, 0.2) is 15.6 Å². The smallest absolute Gasteiger partial charge is 0.191 e. The van der Waals surface area contributed by atoms with Crippen LogP contribution in [0.2, 0.25) is 0 Å². The molecular weight excluding hydrogens is 300 g/mol. The fraction of sp³-hybridized carbons (Fsp3) is 0.118. The SMILES string of the molecule is COc1ccccc1C=C1CS(=O)(=O)c2ccccc2C1=O. The topological polar surface area (TPSA) is 60.4 Å². The summed E-state index contributed by atoms with van der Waals surface area (Å²) in [7, 11) is -1.96. The first-order valence-electron chi connectivity index (χ1n) is 6.73. The molecule has 0 amide bonds. The Hall–Kier alpha value is -2.40. The molecule has 0 unspecified atom stereocenters. The number of carbonyl (C=O) groups excluding carboxylic acids is 1. The van der Waals surface area contributed by atoms with Gasteiger partial charge >= 0.3 is 0 Å². The average molecular weight is 314 g/mol. The maximum absolute atomic E-state index is 12.5. The van der Waals surface area contributed by atoms with E-state index in [1.807, 2.05) is 12.1 Å². The van der Waals surface area contributed by atoms with E-state index in [1.54, 1.807) is 36.4 Å². The molecular formula is C17H14O4S. The third kappa shape index (κ3) is 2.44. The maximum Gasteiger partial charge on any atom is 0.191 e. The van der Waals surface area contributed by atoms with Crippen molar-refractivity contribution >= 4 is 21.7 Å². The summed E-state index contributed by atoms with van der Waals surface area (Å²) in [6.07, 6.45) is 1.59. The van der Waals surface area contributed by atoms with E-state index < -0.39 is 9.84 Å². The molecule has 0 N–H and O–H groups in total. The van der Waals surface area contributed by atoms with Crippen molar-refractivity contribution in [2.75, 3.05) is 12.9 Å². The van der Waals surface area contributed by atoms with Crippen molar-refractivity contribution in [3.05, 3.63) is 65.2 Å². The molecule has 0 bridgehead atoms. The molecule has 0 aliphatic carbocycles. The van der Waals surface area contributed by atoms with Crippen LogP contribution < -0.4 is 4.74 Å². The number of methoxy groups -OCH3 is 1. The van der Waals surface area contributed by atoms with Crippen LogP contribution in [0.25, 0.3) is 6.08 Å². The summed E-state index contributed by atoms with van der Waals surface area (Å²) in [5.41, 5.74) is 1.17. The van der Waals surface area contributed by atoms with Gasteiger partial charge in [0.1, 0.15) is 5.75 Å². The standard InChI is InChI=1S/C17H14O4S/c1-21-15-8-4-2-6-12(15)10-13-11-22(19,20)16-9-5-3-7-14(16)17(13)18/h2-10H,11H2,1H3. The predicted octanol–water partition coefficient (Wildman–Crippen LogP) is 2.75. The third-order valence-corrected chi connectivity index (χ3v) is 5.29. The quantitative estimate of drug-likeness (QED) is 0.800. The minimum atomic E-state index is -3.49. The Morgan fingerprint density at radius 3 is 2.50 bits per heavy atom. The Kier molecular flexibility index (Phi) is 3.58. The molecule has 5 heteroatoms. The number of ether oxygens (including phenoxy) is 1. The Morgan fingerprint density at radius 2 is 1.73 bits per heavy atom. The lowest BCUT2D eigenvalue weighted by molar-refractivity contribution is 0.103. The number of rotatable bonds is 2. The van der Waals surface area contributed by atoms with Gasteiger partial charge in [-0.2, -0.15) is 0 Å². The fourth-order valence-corrected chi connectivity index (χ4v) is 4.09. The van der Waals surface area contributed by atoms with Crippen LogP contribution in [0.5, 0.6) is 5.75 Å². The van der Waals surface area contributed by atoms with E-state index in [0.717, 1.165) is 0 Å². The molecule has 2 aromatic rings. The molecule has 4 nitrogen and oxygen atoms in total. The van der Waals surface area contributed by atoms with Crippen molar-refractivity contribution in [3.63, 3.8) is 0 Å². The summed E-state index contributed by atoms with van der Waals surface area (Å²) in [5, 5.41) is 0. The Morgan fingerprint density at radius 1 is 1.05 bits per heavy atom. The first-order chi connectivity index (χ1) is 10.5. The highest BCUT2D eigenvalue weighted by molar-refractivity contribution is 7.91. The van der Waals surface area contributed by atoms with Crippen LogP contribution in [0.15, 0.2) is 59.0 Å². The zero-order valence-corrected chi connectivity index (χ0v) is 12.8. The molecule has 1 heterocycles. The van der Waals surface area contributed by atoms with Gasteiger partial charge in [0.25, 0.3) is 0 Å². The summed E-state index contributed by atoms with van der Waals surface area (Å²) in [6.45, 7) is 0. The molecule has 1 aliphatic heterocycles. The molecule has 2 aromatic carbocycles. The molecule has 22 heavy (non-hydrogen) atoms. The van der Waals surface area contributed by atoms with Gasteiger partial charge in [-0.25, -0.2) is 8.42 Å². The van der Waals surface area contributed by atoms with Gasteiger partial charge in [-0.3, -0.25) is 4.79 Å². The Bertz CT molecular complexity index is 879. The molecule has 0 atom stereocenters. The van der Waals surface area contributed by atoms with E-state index in [1.165, 1.54) is 13.2 Å². The van der Waals surface area contributed by atoms with Gasteiger partial charge in [0.05, 0.1) is 17.8 Å². The highest BCUT2D eigenvalue weighted by atomic mass is 32.2. The summed E-state index contributed by atoms with van der Waals surface area (Å²) >= 11 is 0. The number of para-hydroxylation sites is 1. The van der Waals surface area contributed by atoms with E-state index >= 15 is 0 Å². The molecule has 0 fully saturated rings. The largest absolute Gasteiger partial charge is 0.496 e. The van der Waals surface area contributed by atoms with Gasteiger partial charge in [-0.1, -0.05) is 30.3 Å². The van der Waals surface area contributed by atoms with Crippen LogP contribution in [0.1, 0.15) is 15.9 Å². The van der Waals surface area contributed by atoms with Gasteiger partial charge < -0.3 is 4.74 Å². The lowest BCUT2D eigenvalue weighted by Crippen LogP contribution is -2.24. The number of sulfone groups is 1. The van der Waals surface area contributed by atoms with Crippen LogP contribution in [0.3, 0.4) is 0 Å². The van der Waals surface area contributed by atoms with Crippen LogP contribution in [-0.4, -0.2) is 27.1 Å². The number of ketones is 1. The van der Waals surface area contributed by atoms with Crippen LogP contribution in [0.4, 0.5) is 0 Å². The number of carbonyl (C=O) groups is 1. The molecule has 0 radical (unpaired) electrons. The number of hydrogen-bond donors (Lipinski definition) is 0. The number of benzene rings is 2. The van der Waals surface area contributed by atoms with Crippen molar-refractivity contribution in [2.24, 2.45) is 0 Å². The molecule has 0 spiro atoms. The van der Waals surface area contributed by atoms with Crippen molar-refractivity contribution in [1.82, 2.24) is 0 Å². The second-order valence-electron chi connectivity index (χ2n) is 5.00. The molecule has 1 aliphatic rings. The van der Waals surface area contributed by atoms with Gasteiger partial charge in [0, 0.05) is 16.7 Å². The summed E-state index contributed by atoms with van der Waals surface area (Å²) in [5.74, 6) is 0.0522. The molecule has 0 aromatic heterocycles. The zero-order valence-electron chi connectivity index (χ0n) is 11.9. The first kappa shape index (κ1) is 14.5. The van der Waals surface area contributed by atoms with E-state index in [2.05, 4.69) is 0 Å². The van der Waals surface area contributed by atoms with Crippen molar-refractivity contribution < 1.29 is 17.9 Å². The average Bonchev–Trinajstić information content (AvgIpc) is 2.53. The minimum absolute atomic E-state index is 0.108. The van der Waals surface area contributed by atoms with Gasteiger partial charge in [-0.15, -0.1) is 0 Å². The van der Waals surface area contributed by atoms with E-state index in [9.17, 15) is 13.2 Å². The van der Waals surface area contributed by atoms with Crippen molar-refractivity contribution in [3.8, 4) is 5.75 Å². The van der Waals surface area contributed by atoms with Crippen LogP contribution >= 0.6 is 0 Å². The monoisotopic (exact) mass is 314 g/mol. The number of Topliss-reactive ketones (excluding diaryl/α,β-unsaturated/α-hetero) is 1. The van der Waals surface area contributed by atoms with E-state index in [0.29, 0.717) is 11.3 Å². The minimum Gasteiger partial charge on any atom is -0.496 e. The second kappa shape index (κ2) is 5.42. The number of hydrogen-bond acceptors (Lipinski definition) is 4. The van der Waals surface area contributed by atoms with E-state index in [4.69, 9.17) is 4.74 Å². The summed E-state index contributed by atoms with van der Waals surface area (Å²) in [6, 6.07) is 13.5. The second-order valence-corrected chi connectivity index (χ2v) is 6.95. The lowest BCUT2D eigenvalue weighted by atomic mass is 10.0. The highest BCUT2D eigenvalue weighted by Crippen LogP contribution is 2.30. The summed E-state index contributed by atoms with van der Waals surface area (Å²) < 4.78 is 29.9. The van der Waals surface area contributed by atoms with Gasteiger partial charge in [-0.05, 0) is 24.3 Å². The fourth-order valence-electron chi connectivity index (χ4n) is 2.53. The zero-order chi connectivity index (χ0) is 15.7.